The zero-order valence-electron chi connectivity index (χ0n) is 17.9. The molecule has 0 radical (unpaired) electrons. The average Bonchev–Trinajstić information content (AvgIpc) is 3.16. The predicted octanol–water partition coefficient (Wildman–Crippen LogP) is 3.52. The smallest absolute Gasteiger partial charge is 0.270 e. The number of nitro benzene ring substituents is 1. The van der Waals surface area contributed by atoms with Gasteiger partial charge in [-0.15, -0.1) is 12.4 Å². The number of fused-ring (bicyclic) bond motifs is 1. The van der Waals surface area contributed by atoms with E-state index in [1.54, 1.807) is 0 Å². The fraction of sp³-hybridized carbons (Fsp3) is 0.0833. The summed E-state index contributed by atoms with van der Waals surface area (Å²) in [5, 5.41) is 20.1. The van der Waals surface area contributed by atoms with E-state index in [1.165, 1.54) is 18.2 Å². The predicted molar refractivity (Wildman–Crippen MR) is 133 cm³/mol. The third-order valence-corrected chi connectivity index (χ3v) is 5.17. The molecular weight excluding hydrogens is 458 g/mol. The molecule has 1 aliphatic rings. The molecule has 1 heterocycles. The van der Waals surface area contributed by atoms with Crippen LogP contribution in [0.15, 0.2) is 72.8 Å². The lowest BCUT2D eigenvalue weighted by atomic mass is 9.99. The Labute approximate surface area is 201 Å². The molecule has 0 bridgehead atoms. The summed E-state index contributed by atoms with van der Waals surface area (Å²) in [6.45, 7) is 0.276. The standard InChI is InChI=1S/C24H21N5O4.ClH/c25-13-21(30)26-14-15-6-8-17(9-7-15)27-23(16-4-2-1-3-5-16)22-19-12-18(29(32)33)10-11-20(19)28-24(22)31;/h1-12,27H,13-14,25H2,(H,26,30)(H,28,31);1H. The van der Waals surface area contributed by atoms with E-state index in [0.717, 1.165) is 11.1 Å². The lowest BCUT2D eigenvalue weighted by molar-refractivity contribution is -0.384. The third-order valence-electron chi connectivity index (χ3n) is 5.17. The summed E-state index contributed by atoms with van der Waals surface area (Å²) in [6.07, 6.45) is 0. The summed E-state index contributed by atoms with van der Waals surface area (Å²) < 4.78 is 0. The minimum absolute atomic E-state index is 0. The van der Waals surface area contributed by atoms with Gasteiger partial charge in [-0.05, 0) is 29.3 Å². The number of benzene rings is 3. The van der Waals surface area contributed by atoms with Crippen LogP contribution in [0.5, 0.6) is 0 Å². The van der Waals surface area contributed by atoms with Gasteiger partial charge < -0.3 is 21.7 Å². The summed E-state index contributed by atoms with van der Waals surface area (Å²) in [4.78, 5) is 35.1. The number of halogens is 1. The summed E-state index contributed by atoms with van der Waals surface area (Å²) in [7, 11) is 0. The monoisotopic (exact) mass is 479 g/mol. The van der Waals surface area contributed by atoms with Crippen molar-refractivity contribution in [1.82, 2.24) is 5.32 Å². The first kappa shape index (κ1) is 24.4. The summed E-state index contributed by atoms with van der Waals surface area (Å²) in [5.41, 5.74) is 9.37. The van der Waals surface area contributed by atoms with E-state index in [4.69, 9.17) is 5.73 Å². The molecule has 3 aromatic carbocycles. The van der Waals surface area contributed by atoms with Gasteiger partial charge in [0.25, 0.3) is 11.6 Å². The fourth-order valence-electron chi connectivity index (χ4n) is 3.52. The van der Waals surface area contributed by atoms with Crippen LogP contribution in [0.4, 0.5) is 17.1 Å². The highest BCUT2D eigenvalue weighted by molar-refractivity contribution is 6.37. The molecule has 174 valence electrons. The van der Waals surface area contributed by atoms with Crippen molar-refractivity contribution in [3.8, 4) is 0 Å². The topological polar surface area (TPSA) is 139 Å². The molecule has 5 N–H and O–H groups in total. The van der Waals surface area contributed by atoms with Gasteiger partial charge in [0, 0.05) is 35.6 Å². The van der Waals surface area contributed by atoms with Crippen molar-refractivity contribution in [1.29, 1.82) is 0 Å². The van der Waals surface area contributed by atoms with Crippen LogP contribution in [0, 0.1) is 10.1 Å². The molecule has 1 aliphatic heterocycles. The highest BCUT2D eigenvalue weighted by Crippen LogP contribution is 2.39. The zero-order chi connectivity index (χ0) is 23.4. The number of carbonyl (C=O) groups is 2. The number of carbonyl (C=O) groups excluding carboxylic acids is 2. The fourth-order valence-corrected chi connectivity index (χ4v) is 3.52. The van der Waals surface area contributed by atoms with Gasteiger partial charge in [0.2, 0.25) is 5.91 Å². The second-order valence-electron chi connectivity index (χ2n) is 7.36. The molecule has 0 aromatic heterocycles. The van der Waals surface area contributed by atoms with Crippen LogP contribution in [0.1, 0.15) is 16.7 Å². The maximum atomic E-state index is 12.9. The Bertz CT molecular complexity index is 1260. The molecule has 0 spiro atoms. The van der Waals surface area contributed by atoms with Crippen LogP contribution in [0.2, 0.25) is 0 Å². The maximum absolute atomic E-state index is 12.9. The molecule has 2 amide bonds. The van der Waals surface area contributed by atoms with Crippen LogP contribution >= 0.6 is 12.4 Å². The molecule has 0 unspecified atom stereocenters. The molecule has 4 rings (SSSR count). The number of nitrogens with zero attached hydrogens (tertiary/aromatic N) is 1. The Morgan fingerprint density at radius 3 is 2.38 bits per heavy atom. The number of nitro groups is 1. The van der Waals surface area contributed by atoms with E-state index < -0.39 is 4.92 Å². The largest absolute Gasteiger partial charge is 0.354 e. The molecule has 0 fully saturated rings. The number of hydrogen-bond donors (Lipinski definition) is 4. The van der Waals surface area contributed by atoms with Crippen molar-refractivity contribution >= 4 is 52.6 Å². The second kappa shape index (κ2) is 10.6. The maximum Gasteiger partial charge on any atom is 0.270 e. The van der Waals surface area contributed by atoms with E-state index in [9.17, 15) is 19.7 Å². The van der Waals surface area contributed by atoms with Gasteiger partial charge in [-0.3, -0.25) is 19.7 Å². The number of non-ortho nitro benzene ring substituents is 1. The summed E-state index contributed by atoms with van der Waals surface area (Å²) >= 11 is 0. The molecule has 0 aliphatic carbocycles. The van der Waals surface area contributed by atoms with Crippen molar-refractivity contribution < 1.29 is 14.5 Å². The van der Waals surface area contributed by atoms with Gasteiger partial charge in [-0.25, -0.2) is 0 Å². The number of anilines is 2. The number of nitrogens with one attached hydrogen (secondary N) is 3. The molecule has 3 aromatic rings. The lowest BCUT2D eigenvalue weighted by Gasteiger charge is -2.15. The molecule has 0 saturated heterocycles. The first-order chi connectivity index (χ1) is 16.0. The SMILES string of the molecule is Cl.NCC(=O)NCc1ccc(NC(=C2C(=O)Nc3ccc([N+](=O)[O-])cc32)c2ccccc2)cc1. The van der Waals surface area contributed by atoms with E-state index in [0.29, 0.717) is 34.8 Å². The van der Waals surface area contributed by atoms with Crippen LogP contribution in [0.3, 0.4) is 0 Å². The lowest BCUT2D eigenvalue weighted by Crippen LogP contribution is -2.29. The van der Waals surface area contributed by atoms with Crippen LogP contribution in [-0.4, -0.2) is 23.3 Å². The quantitative estimate of drug-likeness (QED) is 0.232. The summed E-state index contributed by atoms with van der Waals surface area (Å²) in [6, 6.07) is 20.9. The average molecular weight is 480 g/mol. The van der Waals surface area contributed by atoms with Crippen molar-refractivity contribution in [3.63, 3.8) is 0 Å². The number of hydrogen-bond acceptors (Lipinski definition) is 6. The van der Waals surface area contributed by atoms with E-state index in [1.807, 2.05) is 54.6 Å². The van der Waals surface area contributed by atoms with E-state index >= 15 is 0 Å². The van der Waals surface area contributed by atoms with Crippen molar-refractivity contribution in [3.05, 3.63) is 99.6 Å². The zero-order valence-corrected chi connectivity index (χ0v) is 18.7. The first-order valence-electron chi connectivity index (χ1n) is 10.2. The van der Waals surface area contributed by atoms with Crippen molar-refractivity contribution in [2.45, 2.75) is 6.54 Å². The summed E-state index contributed by atoms with van der Waals surface area (Å²) in [5.74, 6) is -0.591. The minimum atomic E-state index is -0.488. The number of nitrogens with two attached hydrogens (primary N) is 1. The minimum Gasteiger partial charge on any atom is -0.354 e. The number of rotatable bonds is 7. The van der Waals surface area contributed by atoms with E-state index in [-0.39, 0.29) is 36.5 Å². The van der Waals surface area contributed by atoms with Crippen molar-refractivity contribution in [2.75, 3.05) is 17.2 Å². The normalized spacial score (nSPS) is 13.3. The Morgan fingerprint density at radius 2 is 1.74 bits per heavy atom. The Balaban J connectivity index is 0.00000324. The molecule has 34 heavy (non-hydrogen) atoms. The third kappa shape index (κ3) is 5.22. The molecule has 0 saturated carbocycles. The number of amides is 2. The Hall–Kier alpha value is -4.21. The second-order valence-corrected chi connectivity index (χ2v) is 7.36. The van der Waals surface area contributed by atoms with Gasteiger partial charge >= 0.3 is 0 Å². The molecular formula is C24H22ClN5O4. The Kier molecular flexibility index (Phi) is 7.62. The van der Waals surface area contributed by atoms with Crippen molar-refractivity contribution in [2.24, 2.45) is 5.73 Å². The van der Waals surface area contributed by atoms with E-state index in [2.05, 4.69) is 16.0 Å². The van der Waals surface area contributed by atoms with Gasteiger partial charge in [-0.1, -0.05) is 42.5 Å². The Morgan fingerprint density at radius 1 is 1.03 bits per heavy atom. The van der Waals surface area contributed by atoms with Gasteiger partial charge in [-0.2, -0.15) is 0 Å². The van der Waals surface area contributed by atoms with Crippen LogP contribution < -0.4 is 21.7 Å². The highest BCUT2D eigenvalue weighted by Gasteiger charge is 2.30. The first-order valence-corrected chi connectivity index (χ1v) is 10.2. The van der Waals surface area contributed by atoms with Gasteiger partial charge in [0.1, 0.15) is 0 Å². The van der Waals surface area contributed by atoms with Crippen LogP contribution in [0.25, 0.3) is 11.3 Å². The molecule has 10 heteroatoms. The van der Waals surface area contributed by atoms with Gasteiger partial charge in [0.05, 0.1) is 22.7 Å². The molecule has 9 nitrogen and oxygen atoms in total. The molecule has 0 atom stereocenters. The van der Waals surface area contributed by atoms with Crippen LogP contribution in [-0.2, 0) is 16.1 Å². The highest BCUT2D eigenvalue weighted by atomic mass is 35.5. The van der Waals surface area contributed by atoms with Gasteiger partial charge in [0.15, 0.2) is 0 Å².